The van der Waals surface area contributed by atoms with Crippen LogP contribution in [0.15, 0.2) is 30.3 Å². The van der Waals surface area contributed by atoms with E-state index in [9.17, 15) is 9.59 Å². The van der Waals surface area contributed by atoms with Crippen LogP contribution in [0, 0.1) is 0 Å². The Kier molecular flexibility index (Phi) is 4.94. The van der Waals surface area contributed by atoms with Crippen LogP contribution < -0.4 is 19.7 Å². The van der Waals surface area contributed by atoms with Gasteiger partial charge >= 0.3 is 0 Å². The van der Waals surface area contributed by atoms with Crippen molar-refractivity contribution in [1.29, 1.82) is 0 Å². The number of hydrogen-bond acceptors (Lipinski definition) is 4. The second-order valence-corrected chi connectivity index (χ2v) is 7.16. The fourth-order valence-corrected chi connectivity index (χ4v) is 4.07. The lowest BCUT2D eigenvalue weighted by Gasteiger charge is -2.25. The highest BCUT2D eigenvalue weighted by Gasteiger charge is 2.32. The molecule has 0 radical (unpaired) electrons. The number of carbonyl (C=O) groups is 2. The third kappa shape index (κ3) is 3.30. The van der Waals surface area contributed by atoms with Crippen molar-refractivity contribution in [3.05, 3.63) is 52.6 Å². The number of nitrogens with one attached hydrogen (secondary N) is 1. The first-order chi connectivity index (χ1) is 13.6. The van der Waals surface area contributed by atoms with Crippen LogP contribution in [0.1, 0.15) is 33.5 Å². The van der Waals surface area contributed by atoms with Gasteiger partial charge in [-0.1, -0.05) is 6.07 Å². The van der Waals surface area contributed by atoms with E-state index >= 15 is 0 Å². The molecular weight excluding hydrogens is 356 g/mol. The molecule has 0 unspecified atom stereocenters. The monoisotopic (exact) mass is 380 g/mol. The van der Waals surface area contributed by atoms with Gasteiger partial charge in [0.15, 0.2) is 11.5 Å². The van der Waals surface area contributed by atoms with E-state index < -0.39 is 0 Å². The first-order valence-corrected chi connectivity index (χ1v) is 9.56. The van der Waals surface area contributed by atoms with Gasteiger partial charge in [-0.05, 0) is 60.2 Å². The molecule has 2 amide bonds. The van der Waals surface area contributed by atoms with Crippen molar-refractivity contribution in [1.82, 2.24) is 5.32 Å². The molecule has 146 valence electrons. The Labute approximate surface area is 164 Å². The predicted molar refractivity (Wildman–Crippen MR) is 106 cm³/mol. The third-order valence-corrected chi connectivity index (χ3v) is 5.42. The maximum absolute atomic E-state index is 12.7. The van der Waals surface area contributed by atoms with Crippen molar-refractivity contribution < 1.29 is 19.1 Å². The van der Waals surface area contributed by atoms with Gasteiger partial charge in [0, 0.05) is 18.7 Å². The summed E-state index contributed by atoms with van der Waals surface area (Å²) < 4.78 is 10.6. The molecule has 6 nitrogen and oxygen atoms in total. The topological polar surface area (TPSA) is 67.9 Å². The number of rotatable bonds is 6. The van der Waals surface area contributed by atoms with E-state index in [4.69, 9.17) is 9.47 Å². The molecule has 1 N–H and O–H groups in total. The van der Waals surface area contributed by atoms with Gasteiger partial charge in [-0.25, -0.2) is 0 Å². The maximum Gasteiger partial charge on any atom is 0.251 e. The van der Waals surface area contributed by atoms with Gasteiger partial charge in [0.05, 0.1) is 26.3 Å². The highest BCUT2D eigenvalue weighted by Crippen LogP contribution is 2.37. The van der Waals surface area contributed by atoms with Crippen molar-refractivity contribution in [3.8, 4) is 11.5 Å². The maximum atomic E-state index is 12.7. The number of hydrogen-bond donors (Lipinski definition) is 1. The van der Waals surface area contributed by atoms with E-state index in [0.29, 0.717) is 36.4 Å². The molecule has 2 aromatic rings. The van der Waals surface area contributed by atoms with Crippen molar-refractivity contribution in [2.45, 2.75) is 25.7 Å². The first-order valence-electron chi connectivity index (χ1n) is 9.56. The van der Waals surface area contributed by atoms with Crippen molar-refractivity contribution in [2.75, 3.05) is 32.2 Å². The van der Waals surface area contributed by atoms with E-state index in [1.165, 1.54) is 0 Å². The highest BCUT2D eigenvalue weighted by atomic mass is 16.5. The van der Waals surface area contributed by atoms with Crippen LogP contribution in [-0.2, 0) is 24.1 Å². The molecule has 0 bridgehead atoms. The summed E-state index contributed by atoms with van der Waals surface area (Å²) in [5.74, 6) is 1.40. The lowest BCUT2D eigenvalue weighted by molar-refractivity contribution is -0.117. The molecule has 0 spiro atoms. The number of carbonyl (C=O) groups excluding carboxylic acids is 2. The summed E-state index contributed by atoms with van der Waals surface area (Å²) >= 11 is 0. The average molecular weight is 380 g/mol. The van der Waals surface area contributed by atoms with Gasteiger partial charge in [-0.2, -0.15) is 0 Å². The fraction of sp³-hybridized carbons (Fsp3) is 0.364. The summed E-state index contributed by atoms with van der Waals surface area (Å²) in [6.45, 7) is 1.31. The zero-order valence-electron chi connectivity index (χ0n) is 16.2. The predicted octanol–water partition coefficient (Wildman–Crippen LogP) is 2.51. The Hall–Kier alpha value is -3.02. The minimum atomic E-state index is -0.101. The normalized spacial score (nSPS) is 14.6. The van der Waals surface area contributed by atoms with Crippen molar-refractivity contribution in [3.63, 3.8) is 0 Å². The second-order valence-electron chi connectivity index (χ2n) is 7.16. The van der Waals surface area contributed by atoms with Gasteiger partial charge in [0.1, 0.15) is 0 Å². The minimum absolute atomic E-state index is 0.101. The number of anilines is 1. The van der Waals surface area contributed by atoms with Gasteiger partial charge < -0.3 is 19.7 Å². The smallest absolute Gasteiger partial charge is 0.251 e. The van der Waals surface area contributed by atoms with E-state index in [1.807, 2.05) is 35.2 Å². The number of methoxy groups -OCH3 is 2. The van der Waals surface area contributed by atoms with Gasteiger partial charge in [-0.3, -0.25) is 9.59 Å². The Morgan fingerprint density at radius 2 is 1.89 bits per heavy atom. The summed E-state index contributed by atoms with van der Waals surface area (Å²) in [5.41, 5.74) is 4.82. The minimum Gasteiger partial charge on any atom is -0.493 e. The molecule has 2 heterocycles. The summed E-state index contributed by atoms with van der Waals surface area (Å²) in [4.78, 5) is 26.7. The molecule has 0 aromatic heterocycles. The number of aryl methyl sites for hydroxylation is 1. The van der Waals surface area contributed by atoms with Crippen LogP contribution in [0.2, 0.25) is 0 Å². The van der Waals surface area contributed by atoms with Crippen LogP contribution in [0.3, 0.4) is 0 Å². The molecule has 2 aliphatic heterocycles. The zero-order valence-corrected chi connectivity index (χ0v) is 16.2. The second kappa shape index (κ2) is 7.54. The van der Waals surface area contributed by atoms with E-state index in [1.54, 1.807) is 14.2 Å². The quantitative estimate of drug-likeness (QED) is 0.836. The highest BCUT2D eigenvalue weighted by molar-refractivity contribution is 6.04. The van der Waals surface area contributed by atoms with E-state index in [-0.39, 0.29) is 11.8 Å². The van der Waals surface area contributed by atoms with Crippen molar-refractivity contribution >= 4 is 17.5 Å². The molecule has 2 aromatic carbocycles. The van der Waals surface area contributed by atoms with Gasteiger partial charge in [0.25, 0.3) is 5.91 Å². The third-order valence-electron chi connectivity index (χ3n) is 5.42. The fourth-order valence-electron chi connectivity index (χ4n) is 4.07. The summed E-state index contributed by atoms with van der Waals surface area (Å²) in [6.07, 6.45) is 2.95. The summed E-state index contributed by atoms with van der Waals surface area (Å²) in [7, 11) is 3.21. The number of ether oxygens (including phenoxy) is 2. The standard InChI is InChI=1S/C22H24N2O4/c1-27-18-6-5-14(10-19(18)28-2)7-8-23-22(26)17-11-15-4-3-9-24-20(25)13-16(12-17)21(15)24/h5-6,10-12H,3-4,7-9,13H2,1-2H3,(H,23,26). The molecule has 0 fully saturated rings. The molecular formula is C22H24N2O4. The van der Waals surface area contributed by atoms with Crippen LogP contribution >= 0.6 is 0 Å². The van der Waals surface area contributed by atoms with Crippen LogP contribution in [0.4, 0.5) is 5.69 Å². The Balaban J connectivity index is 1.43. The Morgan fingerprint density at radius 3 is 2.68 bits per heavy atom. The van der Waals surface area contributed by atoms with Gasteiger partial charge in [-0.15, -0.1) is 0 Å². The molecule has 0 aliphatic carbocycles. The number of benzene rings is 2. The van der Waals surface area contributed by atoms with E-state index in [2.05, 4.69) is 5.32 Å². The van der Waals surface area contributed by atoms with Crippen LogP contribution in [-0.4, -0.2) is 39.1 Å². The van der Waals surface area contributed by atoms with Crippen LogP contribution in [0.25, 0.3) is 0 Å². The Morgan fingerprint density at radius 1 is 1.11 bits per heavy atom. The number of nitrogens with zero attached hydrogens (tertiary/aromatic N) is 1. The van der Waals surface area contributed by atoms with Gasteiger partial charge in [0.2, 0.25) is 5.91 Å². The first kappa shape index (κ1) is 18.3. The van der Waals surface area contributed by atoms with Crippen LogP contribution in [0.5, 0.6) is 11.5 Å². The summed E-state index contributed by atoms with van der Waals surface area (Å²) in [5, 5.41) is 2.99. The molecule has 0 saturated carbocycles. The largest absolute Gasteiger partial charge is 0.493 e. The SMILES string of the molecule is COc1ccc(CCNC(=O)c2cc3c4c(c2)CC(=O)N4CCC3)cc1OC. The van der Waals surface area contributed by atoms with E-state index in [0.717, 1.165) is 41.8 Å². The molecule has 0 atom stereocenters. The summed E-state index contributed by atoms with van der Waals surface area (Å²) in [6, 6.07) is 9.56. The molecule has 6 heteroatoms. The molecule has 2 aliphatic rings. The molecule has 4 rings (SSSR count). The lowest BCUT2D eigenvalue weighted by Crippen LogP contribution is -2.31. The lowest BCUT2D eigenvalue weighted by atomic mass is 9.96. The van der Waals surface area contributed by atoms with Crippen molar-refractivity contribution in [2.24, 2.45) is 0 Å². The Bertz CT molecular complexity index is 938. The number of amides is 2. The zero-order chi connectivity index (χ0) is 19.7. The molecule has 28 heavy (non-hydrogen) atoms. The average Bonchev–Trinajstić information content (AvgIpc) is 3.04. The molecule has 0 saturated heterocycles.